The quantitative estimate of drug-likeness (QED) is 0.746. The molecule has 0 saturated heterocycles. The molecule has 1 aromatic heterocycles. The first-order valence-electron chi connectivity index (χ1n) is 5.03. The van der Waals surface area contributed by atoms with Crippen molar-refractivity contribution in [1.82, 2.24) is 5.32 Å². The van der Waals surface area contributed by atoms with E-state index in [4.69, 9.17) is 10.2 Å². The number of carbonyl (C=O) groups is 2. The van der Waals surface area contributed by atoms with Crippen LogP contribution in [0.5, 0.6) is 0 Å². The van der Waals surface area contributed by atoms with E-state index in [1.165, 1.54) is 11.3 Å². The van der Waals surface area contributed by atoms with Gasteiger partial charge in [0, 0.05) is 11.4 Å². The van der Waals surface area contributed by atoms with Gasteiger partial charge in [-0.15, -0.1) is 11.3 Å². The van der Waals surface area contributed by atoms with Crippen molar-refractivity contribution in [3.8, 4) is 0 Å². The van der Waals surface area contributed by atoms with Gasteiger partial charge in [0.1, 0.15) is 6.04 Å². The Hall–Kier alpha value is -1.66. The summed E-state index contributed by atoms with van der Waals surface area (Å²) in [6.45, 7) is 0.403. The summed E-state index contributed by atoms with van der Waals surface area (Å²) in [6, 6.07) is 2.84. The van der Waals surface area contributed by atoms with E-state index in [0.717, 1.165) is 10.5 Å². The molecule has 5 nitrogen and oxygen atoms in total. The van der Waals surface area contributed by atoms with Crippen molar-refractivity contribution >= 4 is 28.8 Å². The second-order valence-corrected chi connectivity index (χ2v) is 4.65. The van der Waals surface area contributed by atoms with Crippen LogP contribution in [0.2, 0.25) is 0 Å². The van der Waals surface area contributed by atoms with Crippen LogP contribution in [0, 0.1) is 0 Å². The van der Waals surface area contributed by atoms with Crippen LogP contribution in [0.15, 0.2) is 23.1 Å². The van der Waals surface area contributed by atoms with E-state index in [9.17, 15) is 9.59 Å². The van der Waals surface area contributed by atoms with Crippen LogP contribution >= 0.6 is 11.3 Å². The van der Waals surface area contributed by atoms with Gasteiger partial charge < -0.3 is 10.2 Å². The Balaban J connectivity index is 2.39. The second-order valence-electron chi connectivity index (χ2n) is 3.70. The number of hydrogen-bond acceptors (Lipinski definition) is 4. The summed E-state index contributed by atoms with van der Waals surface area (Å²) < 4.78 is 0. The standard InChI is InChI=1S/C11H11NO4S/c13-9(14)4-6-7(8-2-1-3-17-8)5-12-10(6)11(15)16/h1-3,10,12H,4-5H2,(H,13,14)(H,15,16)/t10-/m0/s1. The fourth-order valence-corrected chi connectivity index (χ4v) is 2.73. The molecule has 1 aliphatic heterocycles. The van der Waals surface area contributed by atoms with Gasteiger partial charge >= 0.3 is 11.9 Å². The van der Waals surface area contributed by atoms with Crippen molar-refractivity contribution in [2.45, 2.75) is 12.5 Å². The SMILES string of the molecule is O=C(O)CC1=C(c2cccs2)CN[C@@H]1C(=O)O. The molecule has 0 aliphatic carbocycles. The zero-order valence-electron chi connectivity index (χ0n) is 8.84. The molecule has 6 heteroatoms. The Bertz CT molecular complexity index is 478. The normalized spacial score (nSPS) is 19.6. The molecule has 0 aromatic carbocycles. The predicted octanol–water partition coefficient (Wildman–Crippen LogP) is 1.03. The Morgan fingerprint density at radius 1 is 1.47 bits per heavy atom. The van der Waals surface area contributed by atoms with Gasteiger partial charge in [-0.05, 0) is 22.6 Å². The molecular weight excluding hydrogens is 242 g/mol. The van der Waals surface area contributed by atoms with Crippen LogP contribution < -0.4 is 5.32 Å². The average molecular weight is 253 g/mol. The van der Waals surface area contributed by atoms with E-state index in [0.29, 0.717) is 12.1 Å². The van der Waals surface area contributed by atoms with Crippen LogP contribution in [0.25, 0.3) is 5.57 Å². The minimum atomic E-state index is -1.03. The van der Waals surface area contributed by atoms with E-state index in [-0.39, 0.29) is 6.42 Å². The number of nitrogens with one attached hydrogen (secondary N) is 1. The molecule has 1 aliphatic rings. The molecule has 0 saturated carbocycles. The highest BCUT2D eigenvalue weighted by atomic mass is 32.1. The molecular formula is C11H11NO4S. The number of aliphatic carboxylic acids is 2. The van der Waals surface area contributed by atoms with Crippen molar-refractivity contribution in [2.75, 3.05) is 6.54 Å². The van der Waals surface area contributed by atoms with E-state index in [1.54, 1.807) is 0 Å². The lowest BCUT2D eigenvalue weighted by Gasteiger charge is -2.08. The van der Waals surface area contributed by atoms with E-state index in [2.05, 4.69) is 5.32 Å². The molecule has 3 N–H and O–H groups in total. The smallest absolute Gasteiger partial charge is 0.325 e. The van der Waals surface area contributed by atoms with Crippen LogP contribution in [0.3, 0.4) is 0 Å². The van der Waals surface area contributed by atoms with Gasteiger partial charge in [0.25, 0.3) is 0 Å². The zero-order chi connectivity index (χ0) is 12.4. The van der Waals surface area contributed by atoms with Crippen molar-refractivity contribution in [3.05, 3.63) is 28.0 Å². The average Bonchev–Trinajstić information content (AvgIpc) is 2.83. The Morgan fingerprint density at radius 2 is 2.24 bits per heavy atom. The van der Waals surface area contributed by atoms with Gasteiger partial charge in [0.2, 0.25) is 0 Å². The van der Waals surface area contributed by atoms with Gasteiger partial charge in [0.05, 0.1) is 6.42 Å². The van der Waals surface area contributed by atoms with Crippen LogP contribution in [-0.4, -0.2) is 34.7 Å². The third kappa shape index (κ3) is 2.37. The maximum Gasteiger partial charge on any atom is 0.325 e. The topological polar surface area (TPSA) is 86.6 Å². The van der Waals surface area contributed by atoms with Crippen molar-refractivity contribution < 1.29 is 19.8 Å². The first-order valence-corrected chi connectivity index (χ1v) is 5.91. The highest BCUT2D eigenvalue weighted by molar-refractivity contribution is 7.11. The number of rotatable bonds is 4. The summed E-state index contributed by atoms with van der Waals surface area (Å²) in [5, 5.41) is 22.6. The van der Waals surface area contributed by atoms with Gasteiger partial charge in [-0.3, -0.25) is 14.9 Å². The monoisotopic (exact) mass is 253 g/mol. The fourth-order valence-electron chi connectivity index (χ4n) is 1.92. The third-order valence-electron chi connectivity index (χ3n) is 2.63. The lowest BCUT2D eigenvalue weighted by atomic mass is 10.0. The maximum absolute atomic E-state index is 11.0. The largest absolute Gasteiger partial charge is 0.481 e. The van der Waals surface area contributed by atoms with E-state index in [1.807, 2.05) is 17.5 Å². The van der Waals surface area contributed by atoms with E-state index >= 15 is 0 Å². The molecule has 0 radical (unpaired) electrons. The van der Waals surface area contributed by atoms with Gasteiger partial charge in [0.15, 0.2) is 0 Å². The maximum atomic E-state index is 11.0. The van der Waals surface area contributed by atoms with E-state index < -0.39 is 18.0 Å². The minimum absolute atomic E-state index is 0.239. The molecule has 0 amide bonds. The molecule has 0 spiro atoms. The Morgan fingerprint density at radius 3 is 2.76 bits per heavy atom. The third-order valence-corrected chi connectivity index (χ3v) is 3.56. The number of hydrogen-bond donors (Lipinski definition) is 3. The minimum Gasteiger partial charge on any atom is -0.481 e. The summed E-state index contributed by atoms with van der Waals surface area (Å²) in [5.41, 5.74) is 1.25. The zero-order valence-corrected chi connectivity index (χ0v) is 9.66. The van der Waals surface area contributed by atoms with Crippen LogP contribution in [0.1, 0.15) is 11.3 Å². The molecule has 2 rings (SSSR count). The Labute approximate surface area is 101 Å². The highest BCUT2D eigenvalue weighted by Crippen LogP contribution is 2.30. The summed E-state index contributed by atoms with van der Waals surface area (Å²) >= 11 is 1.48. The Kier molecular flexibility index (Phi) is 3.26. The molecule has 0 bridgehead atoms. The predicted molar refractivity (Wildman–Crippen MR) is 62.9 cm³/mol. The lowest BCUT2D eigenvalue weighted by Crippen LogP contribution is -2.34. The van der Waals surface area contributed by atoms with Crippen LogP contribution in [0.4, 0.5) is 0 Å². The second kappa shape index (κ2) is 4.68. The highest BCUT2D eigenvalue weighted by Gasteiger charge is 2.32. The molecule has 1 atom stereocenters. The molecule has 2 heterocycles. The van der Waals surface area contributed by atoms with Gasteiger partial charge in [-0.25, -0.2) is 0 Å². The summed E-state index contributed by atoms with van der Waals surface area (Å²) in [4.78, 5) is 22.7. The molecule has 0 fully saturated rings. The summed E-state index contributed by atoms with van der Waals surface area (Å²) in [7, 11) is 0. The number of carboxylic acids is 2. The first kappa shape index (κ1) is 11.8. The van der Waals surface area contributed by atoms with Crippen LogP contribution in [-0.2, 0) is 9.59 Å². The summed E-state index contributed by atoms with van der Waals surface area (Å²) in [6.07, 6.45) is -0.239. The van der Waals surface area contributed by atoms with Crippen molar-refractivity contribution in [2.24, 2.45) is 0 Å². The molecule has 17 heavy (non-hydrogen) atoms. The lowest BCUT2D eigenvalue weighted by molar-refractivity contribution is -0.138. The molecule has 1 aromatic rings. The molecule has 90 valence electrons. The molecule has 0 unspecified atom stereocenters. The van der Waals surface area contributed by atoms with Gasteiger partial charge in [-0.2, -0.15) is 0 Å². The van der Waals surface area contributed by atoms with Crippen molar-refractivity contribution in [3.63, 3.8) is 0 Å². The number of carboxylic acid groups (broad SMARTS) is 2. The first-order chi connectivity index (χ1) is 8.09. The fraction of sp³-hybridized carbons (Fsp3) is 0.273. The summed E-state index contributed by atoms with van der Waals surface area (Å²) in [5.74, 6) is -2.04. The van der Waals surface area contributed by atoms with Gasteiger partial charge in [-0.1, -0.05) is 6.07 Å². The number of thiophene rings is 1. The van der Waals surface area contributed by atoms with Crippen molar-refractivity contribution in [1.29, 1.82) is 0 Å².